The first-order valence-electron chi connectivity index (χ1n) is 6.45. The van der Waals surface area contributed by atoms with E-state index in [4.69, 9.17) is 0 Å². The first kappa shape index (κ1) is 13.1. The summed E-state index contributed by atoms with van der Waals surface area (Å²) in [6, 6.07) is 17.6. The molecule has 0 aliphatic carbocycles. The predicted molar refractivity (Wildman–Crippen MR) is 79.4 cm³/mol. The van der Waals surface area contributed by atoms with Crippen LogP contribution < -0.4 is 10.6 Å². The van der Waals surface area contributed by atoms with Gasteiger partial charge in [0.1, 0.15) is 0 Å². The molecule has 98 valence electrons. The zero-order valence-corrected chi connectivity index (χ0v) is 11.0. The van der Waals surface area contributed by atoms with Crippen LogP contribution >= 0.6 is 0 Å². The Bertz CT molecular complexity index is 537. The highest BCUT2D eigenvalue weighted by Crippen LogP contribution is 2.11. The van der Waals surface area contributed by atoms with E-state index < -0.39 is 0 Å². The highest BCUT2D eigenvalue weighted by molar-refractivity contribution is 5.93. The van der Waals surface area contributed by atoms with Crippen LogP contribution in [0.5, 0.6) is 0 Å². The SMILES string of the molecule is CCc1cccc(NCC(=O)Nc2ccccc2)c1. The molecule has 3 nitrogen and oxygen atoms in total. The molecule has 0 fully saturated rings. The van der Waals surface area contributed by atoms with Crippen LogP contribution in [-0.2, 0) is 11.2 Å². The Hall–Kier alpha value is -2.29. The Morgan fingerprint density at radius 1 is 1.00 bits per heavy atom. The van der Waals surface area contributed by atoms with E-state index in [1.165, 1.54) is 5.56 Å². The van der Waals surface area contributed by atoms with Crippen LogP contribution in [-0.4, -0.2) is 12.5 Å². The molecule has 0 spiro atoms. The number of anilines is 2. The largest absolute Gasteiger partial charge is 0.376 e. The van der Waals surface area contributed by atoms with Crippen LogP contribution in [0.2, 0.25) is 0 Å². The molecule has 0 saturated carbocycles. The molecule has 0 unspecified atom stereocenters. The van der Waals surface area contributed by atoms with Crippen LogP contribution in [0.25, 0.3) is 0 Å². The van der Waals surface area contributed by atoms with Gasteiger partial charge in [0.15, 0.2) is 0 Å². The summed E-state index contributed by atoms with van der Waals surface area (Å²) in [5.41, 5.74) is 3.05. The van der Waals surface area contributed by atoms with Crippen molar-refractivity contribution < 1.29 is 4.79 Å². The first-order valence-corrected chi connectivity index (χ1v) is 6.45. The minimum atomic E-state index is -0.0481. The highest BCUT2D eigenvalue weighted by atomic mass is 16.1. The Balaban J connectivity index is 1.86. The topological polar surface area (TPSA) is 41.1 Å². The van der Waals surface area contributed by atoms with Gasteiger partial charge in [0, 0.05) is 11.4 Å². The zero-order chi connectivity index (χ0) is 13.5. The summed E-state index contributed by atoms with van der Waals surface area (Å²) in [5.74, 6) is -0.0481. The van der Waals surface area contributed by atoms with Crippen LogP contribution in [0.4, 0.5) is 11.4 Å². The molecule has 2 N–H and O–H groups in total. The van der Waals surface area contributed by atoms with E-state index in [1.807, 2.05) is 42.5 Å². The van der Waals surface area contributed by atoms with Crippen LogP contribution in [0.3, 0.4) is 0 Å². The van der Waals surface area contributed by atoms with Crippen molar-refractivity contribution in [3.63, 3.8) is 0 Å². The fraction of sp³-hybridized carbons (Fsp3) is 0.188. The van der Waals surface area contributed by atoms with Crippen molar-refractivity contribution in [2.45, 2.75) is 13.3 Å². The lowest BCUT2D eigenvalue weighted by molar-refractivity contribution is -0.114. The maximum absolute atomic E-state index is 11.8. The number of para-hydroxylation sites is 1. The maximum Gasteiger partial charge on any atom is 0.243 e. The number of hydrogen-bond donors (Lipinski definition) is 2. The van der Waals surface area contributed by atoms with Gasteiger partial charge in [-0.25, -0.2) is 0 Å². The van der Waals surface area contributed by atoms with Gasteiger partial charge in [-0.15, -0.1) is 0 Å². The predicted octanol–water partition coefficient (Wildman–Crippen LogP) is 3.30. The number of hydrogen-bond acceptors (Lipinski definition) is 2. The third kappa shape index (κ3) is 4.14. The number of benzene rings is 2. The van der Waals surface area contributed by atoms with Gasteiger partial charge in [-0.1, -0.05) is 37.3 Å². The molecule has 2 rings (SSSR count). The summed E-state index contributed by atoms with van der Waals surface area (Å²) >= 11 is 0. The molecule has 0 aromatic heterocycles. The second-order valence-corrected chi connectivity index (χ2v) is 4.32. The van der Waals surface area contributed by atoms with Crippen molar-refractivity contribution in [2.75, 3.05) is 17.2 Å². The van der Waals surface area contributed by atoms with E-state index in [0.717, 1.165) is 17.8 Å². The molecule has 0 bridgehead atoms. The molecular weight excluding hydrogens is 236 g/mol. The molecule has 3 heteroatoms. The monoisotopic (exact) mass is 254 g/mol. The van der Waals surface area contributed by atoms with Gasteiger partial charge in [0.2, 0.25) is 5.91 Å². The molecule has 1 amide bonds. The van der Waals surface area contributed by atoms with Crippen molar-refractivity contribution in [3.05, 3.63) is 60.2 Å². The Kier molecular flexibility index (Phi) is 4.56. The lowest BCUT2D eigenvalue weighted by Crippen LogP contribution is -2.21. The van der Waals surface area contributed by atoms with E-state index >= 15 is 0 Å². The fourth-order valence-corrected chi connectivity index (χ4v) is 1.81. The number of carbonyl (C=O) groups excluding carboxylic acids is 1. The van der Waals surface area contributed by atoms with Gasteiger partial charge in [-0.05, 0) is 36.2 Å². The molecular formula is C16H18N2O. The molecule has 19 heavy (non-hydrogen) atoms. The van der Waals surface area contributed by atoms with Crippen molar-refractivity contribution in [2.24, 2.45) is 0 Å². The molecule has 0 aliphatic heterocycles. The summed E-state index contributed by atoms with van der Waals surface area (Å²) in [4.78, 5) is 11.8. The van der Waals surface area contributed by atoms with Crippen molar-refractivity contribution in [1.29, 1.82) is 0 Å². The lowest BCUT2D eigenvalue weighted by Gasteiger charge is -2.08. The third-order valence-corrected chi connectivity index (χ3v) is 2.85. The van der Waals surface area contributed by atoms with E-state index in [2.05, 4.69) is 29.7 Å². The second-order valence-electron chi connectivity index (χ2n) is 4.32. The number of carbonyl (C=O) groups is 1. The van der Waals surface area contributed by atoms with E-state index in [-0.39, 0.29) is 12.5 Å². The number of rotatable bonds is 5. The zero-order valence-electron chi connectivity index (χ0n) is 11.0. The number of nitrogens with one attached hydrogen (secondary N) is 2. The summed E-state index contributed by atoms with van der Waals surface area (Å²) in [6.07, 6.45) is 0.992. The lowest BCUT2D eigenvalue weighted by atomic mass is 10.1. The second kappa shape index (κ2) is 6.59. The van der Waals surface area contributed by atoms with Crippen LogP contribution in [0, 0.1) is 0 Å². The van der Waals surface area contributed by atoms with Crippen molar-refractivity contribution in [3.8, 4) is 0 Å². The van der Waals surface area contributed by atoms with Crippen LogP contribution in [0.15, 0.2) is 54.6 Å². The van der Waals surface area contributed by atoms with Gasteiger partial charge in [0.05, 0.1) is 6.54 Å². The molecule has 0 radical (unpaired) electrons. The average molecular weight is 254 g/mol. The third-order valence-electron chi connectivity index (χ3n) is 2.85. The Morgan fingerprint density at radius 3 is 2.47 bits per heavy atom. The summed E-state index contributed by atoms with van der Waals surface area (Å²) < 4.78 is 0. The minimum absolute atomic E-state index is 0.0481. The molecule has 0 heterocycles. The van der Waals surface area contributed by atoms with Crippen LogP contribution in [0.1, 0.15) is 12.5 Å². The van der Waals surface area contributed by atoms with Gasteiger partial charge < -0.3 is 10.6 Å². The van der Waals surface area contributed by atoms with Gasteiger partial charge in [-0.2, -0.15) is 0 Å². The molecule has 2 aromatic carbocycles. The minimum Gasteiger partial charge on any atom is -0.376 e. The van der Waals surface area contributed by atoms with Gasteiger partial charge in [-0.3, -0.25) is 4.79 Å². The Labute approximate surface area is 113 Å². The summed E-state index contributed by atoms with van der Waals surface area (Å²) in [5, 5.41) is 5.97. The van der Waals surface area contributed by atoms with E-state index in [0.29, 0.717) is 0 Å². The molecule has 0 aliphatic rings. The summed E-state index contributed by atoms with van der Waals surface area (Å²) in [6.45, 7) is 2.38. The average Bonchev–Trinajstić information content (AvgIpc) is 2.46. The molecule has 2 aromatic rings. The smallest absolute Gasteiger partial charge is 0.243 e. The number of aryl methyl sites for hydroxylation is 1. The van der Waals surface area contributed by atoms with E-state index in [9.17, 15) is 4.79 Å². The maximum atomic E-state index is 11.8. The quantitative estimate of drug-likeness (QED) is 0.859. The Morgan fingerprint density at radius 2 is 1.74 bits per heavy atom. The van der Waals surface area contributed by atoms with Crippen molar-refractivity contribution in [1.82, 2.24) is 0 Å². The summed E-state index contributed by atoms with van der Waals surface area (Å²) in [7, 11) is 0. The van der Waals surface area contributed by atoms with Crippen molar-refractivity contribution >= 4 is 17.3 Å². The molecule has 0 saturated heterocycles. The van der Waals surface area contributed by atoms with Gasteiger partial charge in [0.25, 0.3) is 0 Å². The normalized spacial score (nSPS) is 9.95. The standard InChI is InChI=1S/C16H18N2O/c1-2-13-7-6-10-15(11-13)17-12-16(19)18-14-8-4-3-5-9-14/h3-11,17H,2,12H2,1H3,(H,18,19). The highest BCUT2D eigenvalue weighted by Gasteiger charge is 2.01. The fourth-order valence-electron chi connectivity index (χ4n) is 1.81. The first-order chi connectivity index (χ1) is 9.28. The van der Waals surface area contributed by atoms with Gasteiger partial charge >= 0.3 is 0 Å². The molecule has 0 atom stereocenters. The van der Waals surface area contributed by atoms with E-state index in [1.54, 1.807) is 0 Å². The number of amides is 1.